The number of aliphatic hydroxyl groups is 1. The van der Waals surface area contributed by atoms with Crippen LogP contribution in [0.1, 0.15) is 42.4 Å². The standard InChI is InChI=1S/C15H20O/c16-15(13-4-2-5-13)10-11-7-8-12-3-1-6-14(12)9-11/h7-9,13,15-16H,1-6,10H2. The van der Waals surface area contributed by atoms with E-state index < -0.39 is 0 Å². The van der Waals surface area contributed by atoms with Gasteiger partial charge in [0.2, 0.25) is 0 Å². The van der Waals surface area contributed by atoms with Crippen LogP contribution < -0.4 is 0 Å². The second-order valence-electron chi connectivity index (χ2n) is 5.42. The summed E-state index contributed by atoms with van der Waals surface area (Å²) in [6.45, 7) is 0. The van der Waals surface area contributed by atoms with E-state index in [-0.39, 0.29) is 6.10 Å². The van der Waals surface area contributed by atoms with Crippen LogP contribution >= 0.6 is 0 Å². The lowest BCUT2D eigenvalue weighted by Gasteiger charge is -2.30. The molecule has 1 aromatic carbocycles. The van der Waals surface area contributed by atoms with Crippen molar-refractivity contribution in [3.8, 4) is 0 Å². The third kappa shape index (κ3) is 1.89. The molecule has 0 saturated heterocycles. The third-order valence-corrected chi connectivity index (χ3v) is 4.30. The Morgan fingerprint density at radius 2 is 1.94 bits per heavy atom. The molecule has 16 heavy (non-hydrogen) atoms. The first-order valence-electron chi connectivity index (χ1n) is 6.61. The van der Waals surface area contributed by atoms with Gasteiger partial charge in [-0.2, -0.15) is 0 Å². The van der Waals surface area contributed by atoms with Gasteiger partial charge in [-0.25, -0.2) is 0 Å². The van der Waals surface area contributed by atoms with Crippen molar-refractivity contribution >= 4 is 0 Å². The molecule has 1 atom stereocenters. The second kappa shape index (κ2) is 4.21. The molecule has 1 N–H and O–H groups in total. The van der Waals surface area contributed by atoms with Gasteiger partial charge in [-0.15, -0.1) is 0 Å². The molecule has 1 fully saturated rings. The van der Waals surface area contributed by atoms with Crippen LogP contribution in [0.4, 0.5) is 0 Å². The molecule has 3 rings (SSSR count). The van der Waals surface area contributed by atoms with Gasteiger partial charge in [0, 0.05) is 0 Å². The van der Waals surface area contributed by atoms with Crippen LogP contribution in [0.2, 0.25) is 0 Å². The van der Waals surface area contributed by atoms with Crippen molar-refractivity contribution < 1.29 is 5.11 Å². The summed E-state index contributed by atoms with van der Waals surface area (Å²) in [5.74, 6) is 0.577. The summed E-state index contributed by atoms with van der Waals surface area (Å²) in [6.07, 6.45) is 8.32. The minimum Gasteiger partial charge on any atom is -0.392 e. The van der Waals surface area contributed by atoms with Gasteiger partial charge in [0.15, 0.2) is 0 Å². The Hall–Kier alpha value is -0.820. The molecule has 1 saturated carbocycles. The van der Waals surface area contributed by atoms with E-state index in [1.165, 1.54) is 55.2 Å². The zero-order chi connectivity index (χ0) is 11.0. The van der Waals surface area contributed by atoms with Crippen LogP contribution in [0.25, 0.3) is 0 Å². The van der Waals surface area contributed by atoms with Crippen LogP contribution in [0.5, 0.6) is 0 Å². The van der Waals surface area contributed by atoms with Gasteiger partial charge in [-0.1, -0.05) is 24.6 Å². The second-order valence-corrected chi connectivity index (χ2v) is 5.42. The fourth-order valence-corrected chi connectivity index (χ4v) is 2.98. The van der Waals surface area contributed by atoms with Crippen molar-refractivity contribution in [3.63, 3.8) is 0 Å². The highest BCUT2D eigenvalue weighted by Crippen LogP contribution is 2.31. The Labute approximate surface area is 97.5 Å². The molecule has 0 spiro atoms. The van der Waals surface area contributed by atoms with Crippen molar-refractivity contribution in [2.75, 3.05) is 0 Å². The molecule has 0 aromatic heterocycles. The van der Waals surface area contributed by atoms with Gasteiger partial charge in [-0.05, 0) is 61.1 Å². The molecule has 86 valence electrons. The fourth-order valence-electron chi connectivity index (χ4n) is 2.98. The summed E-state index contributed by atoms with van der Waals surface area (Å²) in [5.41, 5.74) is 4.39. The van der Waals surface area contributed by atoms with Gasteiger partial charge in [-0.3, -0.25) is 0 Å². The average Bonchev–Trinajstić information content (AvgIpc) is 2.61. The number of rotatable bonds is 3. The molecular formula is C15H20O. The van der Waals surface area contributed by atoms with E-state index in [1.54, 1.807) is 0 Å². The molecule has 2 aliphatic rings. The third-order valence-electron chi connectivity index (χ3n) is 4.30. The molecule has 1 aromatic rings. The zero-order valence-corrected chi connectivity index (χ0v) is 9.78. The van der Waals surface area contributed by atoms with Crippen molar-refractivity contribution in [1.29, 1.82) is 0 Å². The summed E-state index contributed by atoms with van der Waals surface area (Å²) in [7, 11) is 0. The van der Waals surface area contributed by atoms with Gasteiger partial charge in [0.05, 0.1) is 6.10 Å². The Bertz CT molecular complexity index is 379. The highest BCUT2D eigenvalue weighted by Gasteiger charge is 2.25. The number of hydrogen-bond donors (Lipinski definition) is 1. The molecule has 1 heteroatoms. The fraction of sp³-hybridized carbons (Fsp3) is 0.600. The van der Waals surface area contributed by atoms with Crippen molar-refractivity contribution in [2.24, 2.45) is 5.92 Å². The first-order valence-corrected chi connectivity index (χ1v) is 6.61. The topological polar surface area (TPSA) is 20.2 Å². The highest BCUT2D eigenvalue weighted by molar-refractivity contribution is 5.35. The zero-order valence-electron chi connectivity index (χ0n) is 9.78. The molecule has 0 bridgehead atoms. The number of aryl methyl sites for hydroxylation is 2. The quantitative estimate of drug-likeness (QED) is 0.823. The lowest BCUT2D eigenvalue weighted by molar-refractivity contribution is 0.0630. The number of fused-ring (bicyclic) bond motifs is 1. The van der Waals surface area contributed by atoms with Gasteiger partial charge < -0.3 is 5.11 Å². The van der Waals surface area contributed by atoms with E-state index in [0.717, 1.165) is 6.42 Å². The Morgan fingerprint density at radius 3 is 2.69 bits per heavy atom. The summed E-state index contributed by atoms with van der Waals surface area (Å²) in [6, 6.07) is 6.81. The monoisotopic (exact) mass is 216 g/mol. The van der Waals surface area contributed by atoms with E-state index in [0.29, 0.717) is 5.92 Å². The Balaban J connectivity index is 1.69. The lowest BCUT2D eigenvalue weighted by atomic mass is 9.79. The predicted molar refractivity (Wildman–Crippen MR) is 65.5 cm³/mol. The molecule has 0 aliphatic heterocycles. The minimum atomic E-state index is -0.104. The van der Waals surface area contributed by atoms with Crippen LogP contribution in [0.3, 0.4) is 0 Å². The molecule has 1 unspecified atom stereocenters. The SMILES string of the molecule is OC(Cc1ccc2c(c1)CCC2)C1CCC1. The molecule has 0 radical (unpaired) electrons. The van der Waals surface area contributed by atoms with Gasteiger partial charge in [0.1, 0.15) is 0 Å². The van der Waals surface area contributed by atoms with Crippen LogP contribution in [0.15, 0.2) is 18.2 Å². The first kappa shape index (κ1) is 10.3. The molecule has 2 aliphatic carbocycles. The largest absolute Gasteiger partial charge is 0.392 e. The van der Waals surface area contributed by atoms with E-state index in [1.807, 2.05) is 0 Å². The Kier molecular flexibility index (Phi) is 2.72. The van der Waals surface area contributed by atoms with E-state index in [4.69, 9.17) is 0 Å². The van der Waals surface area contributed by atoms with Gasteiger partial charge >= 0.3 is 0 Å². The van der Waals surface area contributed by atoms with E-state index in [2.05, 4.69) is 18.2 Å². The van der Waals surface area contributed by atoms with Crippen LogP contribution in [-0.4, -0.2) is 11.2 Å². The molecule has 1 nitrogen and oxygen atoms in total. The summed E-state index contributed by atoms with van der Waals surface area (Å²) < 4.78 is 0. The number of aliphatic hydroxyl groups excluding tert-OH is 1. The predicted octanol–water partition coefficient (Wildman–Crippen LogP) is 2.88. The number of hydrogen-bond acceptors (Lipinski definition) is 1. The number of benzene rings is 1. The van der Waals surface area contributed by atoms with Crippen LogP contribution in [-0.2, 0) is 19.3 Å². The smallest absolute Gasteiger partial charge is 0.0608 e. The molecule has 0 heterocycles. The first-order chi connectivity index (χ1) is 7.83. The molecular weight excluding hydrogens is 196 g/mol. The van der Waals surface area contributed by atoms with Gasteiger partial charge in [0.25, 0.3) is 0 Å². The maximum Gasteiger partial charge on any atom is 0.0608 e. The van der Waals surface area contributed by atoms with Crippen molar-refractivity contribution in [1.82, 2.24) is 0 Å². The van der Waals surface area contributed by atoms with Crippen molar-refractivity contribution in [2.45, 2.75) is 51.0 Å². The maximum absolute atomic E-state index is 10.1. The summed E-state index contributed by atoms with van der Waals surface area (Å²) in [4.78, 5) is 0. The summed E-state index contributed by atoms with van der Waals surface area (Å²) >= 11 is 0. The normalized spacial score (nSPS) is 21.6. The highest BCUT2D eigenvalue weighted by atomic mass is 16.3. The molecule has 0 amide bonds. The van der Waals surface area contributed by atoms with Crippen LogP contribution in [0, 0.1) is 5.92 Å². The van der Waals surface area contributed by atoms with Crippen molar-refractivity contribution in [3.05, 3.63) is 34.9 Å². The lowest BCUT2D eigenvalue weighted by Crippen LogP contribution is -2.28. The van der Waals surface area contributed by atoms with E-state index in [9.17, 15) is 5.11 Å². The summed E-state index contributed by atoms with van der Waals surface area (Å²) in [5, 5.41) is 10.1. The minimum absolute atomic E-state index is 0.104. The maximum atomic E-state index is 10.1. The average molecular weight is 216 g/mol. The Morgan fingerprint density at radius 1 is 1.12 bits per heavy atom. The van der Waals surface area contributed by atoms with E-state index >= 15 is 0 Å².